The number of carbonyl (C=O) groups excluding carboxylic acids is 1. The molecule has 126 valence electrons. The van der Waals surface area contributed by atoms with Crippen molar-refractivity contribution in [1.82, 2.24) is 20.2 Å². The second-order valence-electron chi connectivity index (χ2n) is 6.23. The van der Waals surface area contributed by atoms with Crippen LogP contribution in [-0.2, 0) is 4.79 Å². The average molecular weight is 320 g/mol. The molecule has 1 aromatic heterocycles. The molecule has 0 unspecified atom stereocenters. The van der Waals surface area contributed by atoms with Crippen molar-refractivity contribution < 1.29 is 14.7 Å². The van der Waals surface area contributed by atoms with E-state index in [1.165, 1.54) is 6.33 Å². The molecular weight excluding hydrogens is 296 g/mol. The van der Waals surface area contributed by atoms with E-state index in [0.29, 0.717) is 12.1 Å². The average Bonchev–Trinajstić information content (AvgIpc) is 2.48. The number of aliphatic carboxylic acids is 1. The lowest BCUT2D eigenvalue weighted by atomic mass is 9.85. The normalized spacial score (nSPS) is 20.4. The number of carboxylic acids is 1. The Kier molecular flexibility index (Phi) is 5.65. The molecule has 0 aliphatic heterocycles. The van der Waals surface area contributed by atoms with Crippen LogP contribution in [0.4, 0.5) is 0 Å². The van der Waals surface area contributed by atoms with Crippen molar-refractivity contribution >= 4 is 11.9 Å². The van der Waals surface area contributed by atoms with E-state index in [4.69, 9.17) is 5.11 Å². The summed E-state index contributed by atoms with van der Waals surface area (Å²) < 4.78 is 0. The zero-order valence-electron chi connectivity index (χ0n) is 13.8. The lowest BCUT2D eigenvalue weighted by Gasteiger charge is -2.42. The SMILES string of the molecule is CCN(CC(=O)O)C1CC(NC(=O)c2cncnc2C(C)C)C1. The molecule has 1 fully saturated rings. The number of amides is 1. The summed E-state index contributed by atoms with van der Waals surface area (Å²) >= 11 is 0. The van der Waals surface area contributed by atoms with Crippen molar-refractivity contribution in [2.75, 3.05) is 13.1 Å². The molecule has 2 rings (SSSR count). The minimum Gasteiger partial charge on any atom is -0.480 e. The van der Waals surface area contributed by atoms with Gasteiger partial charge in [-0.1, -0.05) is 20.8 Å². The van der Waals surface area contributed by atoms with Crippen LogP contribution >= 0.6 is 0 Å². The molecule has 1 heterocycles. The summed E-state index contributed by atoms with van der Waals surface area (Å²) in [6.07, 6.45) is 4.56. The molecule has 0 bridgehead atoms. The van der Waals surface area contributed by atoms with E-state index in [1.807, 2.05) is 25.7 Å². The van der Waals surface area contributed by atoms with Gasteiger partial charge in [-0.25, -0.2) is 9.97 Å². The molecular formula is C16H24N4O3. The van der Waals surface area contributed by atoms with Crippen molar-refractivity contribution in [3.63, 3.8) is 0 Å². The van der Waals surface area contributed by atoms with Gasteiger partial charge < -0.3 is 10.4 Å². The van der Waals surface area contributed by atoms with E-state index in [1.54, 1.807) is 6.20 Å². The molecule has 1 saturated carbocycles. The van der Waals surface area contributed by atoms with Crippen LogP contribution in [0.2, 0.25) is 0 Å². The molecule has 23 heavy (non-hydrogen) atoms. The third-order valence-electron chi connectivity index (χ3n) is 4.24. The number of nitrogens with zero attached hydrogens (tertiary/aromatic N) is 3. The Morgan fingerprint density at radius 1 is 1.43 bits per heavy atom. The summed E-state index contributed by atoms with van der Waals surface area (Å²) in [6.45, 7) is 6.67. The summed E-state index contributed by atoms with van der Waals surface area (Å²) in [5, 5.41) is 11.9. The van der Waals surface area contributed by atoms with Crippen LogP contribution in [0.1, 0.15) is 55.6 Å². The van der Waals surface area contributed by atoms with Gasteiger partial charge in [0.05, 0.1) is 17.8 Å². The number of rotatable bonds is 7. The Balaban J connectivity index is 1.90. The lowest BCUT2D eigenvalue weighted by molar-refractivity contribution is -0.139. The van der Waals surface area contributed by atoms with Crippen LogP contribution in [0.15, 0.2) is 12.5 Å². The maximum Gasteiger partial charge on any atom is 0.317 e. The van der Waals surface area contributed by atoms with Crippen LogP contribution in [0, 0.1) is 0 Å². The fourth-order valence-corrected chi connectivity index (χ4v) is 2.91. The number of hydrogen-bond acceptors (Lipinski definition) is 5. The van der Waals surface area contributed by atoms with Crippen molar-refractivity contribution in [3.8, 4) is 0 Å². The van der Waals surface area contributed by atoms with Crippen LogP contribution < -0.4 is 5.32 Å². The minimum atomic E-state index is -0.817. The first-order chi connectivity index (χ1) is 10.9. The van der Waals surface area contributed by atoms with Crippen LogP contribution in [0.25, 0.3) is 0 Å². The predicted molar refractivity (Wildman–Crippen MR) is 85.3 cm³/mol. The second kappa shape index (κ2) is 7.50. The zero-order chi connectivity index (χ0) is 17.0. The Hall–Kier alpha value is -2.02. The van der Waals surface area contributed by atoms with E-state index in [-0.39, 0.29) is 30.5 Å². The van der Waals surface area contributed by atoms with Gasteiger partial charge in [0, 0.05) is 18.3 Å². The standard InChI is InChI=1S/C16H24N4O3/c1-4-20(8-14(21)22)12-5-11(6-12)19-16(23)13-7-17-9-18-15(13)10(2)3/h7,9-12H,4-6,8H2,1-3H3,(H,19,23)(H,21,22). The Morgan fingerprint density at radius 2 is 2.13 bits per heavy atom. The molecule has 0 aromatic carbocycles. The Bertz CT molecular complexity index is 570. The number of hydrogen-bond donors (Lipinski definition) is 2. The van der Waals surface area contributed by atoms with Gasteiger partial charge in [-0.05, 0) is 25.3 Å². The third kappa shape index (κ3) is 4.25. The van der Waals surface area contributed by atoms with Gasteiger partial charge in [0.2, 0.25) is 0 Å². The van der Waals surface area contributed by atoms with Crippen molar-refractivity contribution in [2.45, 2.75) is 51.6 Å². The fraction of sp³-hybridized carbons (Fsp3) is 0.625. The number of aromatic nitrogens is 2. The summed E-state index contributed by atoms with van der Waals surface area (Å²) in [5.74, 6) is -0.819. The number of likely N-dealkylation sites (N-methyl/N-ethyl adjacent to an activating group) is 1. The Labute approximate surface area is 136 Å². The summed E-state index contributed by atoms with van der Waals surface area (Å²) in [4.78, 5) is 33.3. The molecule has 1 aromatic rings. The first-order valence-corrected chi connectivity index (χ1v) is 7.99. The predicted octanol–water partition coefficient (Wildman–Crippen LogP) is 1.27. The molecule has 7 heteroatoms. The van der Waals surface area contributed by atoms with Crippen molar-refractivity contribution in [3.05, 3.63) is 23.8 Å². The molecule has 0 saturated heterocycles. The number of carbonyl (C=O) groups is 2. The Morgan fingerprint density at radius 3 is 2.70 bits per heavy atom. The monoisotopic (exact) mass is 320 g/mol. The van der Waals surface area contributed by atoms with Gasteiger partial charge in [0.25, 0.3) is 5.91 Å². The van der Waals surface area contributed by atoms with Crippen molar-refractivity contribution in [1.29, 1.82) is 0 Å². The zero-order valence-corrected chi connectivity index (χ0v) is 13.8. The van der Waals surface area contributed by atoms with E-state index in [2.05, 4.69) is 15.3 Å². The molecule has 1 aliphatic carbocycles. The van der Waals surface area contributed by atoms with Crippen LogP contribution in [0.3, 0.4) is 0 Å². The van der Waals surface area contributed by atoms with E-state index in [9.17, 15) is 9.59 Å². The fourth-order valence-electron chi connectivity index (χ4n) is 2.91. The van der Waals surface area contributed by atoms with E-state index in [0.717, 1.165) is 18.5 Å². The molecule has 1 amide bonds. The maximum absolute atomic E-state index is 12.4. The summed E-state index contributed by atoms with van der Waals surface area (Å²) in [7, 11) is 0. The largest absolute Gasteiger partial charge is 0.480 e. The highest BCUT2D eigenvalue weighted by Crippen LogP contribution is 2.26. The molecule has 0 atom stereocenters. The van der Waals surface area contributed by atoms with Gasteiger partial charge in [0.1, 0.15) is 6.33 Å². The first-order valence-electron chi connectivity index (χ1n) is 7.99. The first kappa shape index (κ1) is 17.3. The minimum absolute atomic E-state index is 0.0475. The molecule has 0 spiro atoms. The molecule has 0 radical (unpaired) electrons. The maximum atomic E-state index is 12.4. The number of nitrogens with one attached hydrogen (secondary N) is 1. The second-order valence-corrected chi connectivity index (χ2v) is 6.23. The summed E-state index contributed by atoms with van der Waals surface area (Å²) in [5.41, 5.74) is 1.26. The van der Waals surface area contributed by atoms with E-state index >= 15 is 0 Å². The van der Waals surface area contributed by atoms with Gasteiger partial charge in [-0.15, -0.1) is 0 Å². The highest BCUT2D eigenvalue weighted by atomic mass is 16.4. The summed E-state index contributed by atoms with van der Waals surface area (Å²) in [6, 6.07) is 0.300. The lowest BCUT2D eigenvalue weighted by Crippen LogP contribution is -2.54. The third-order valence-corrected chi connectivity index (χ3v) is 4.24. The van der Waals surface area contributed by atoms with Gasteiger partial charge in [-0.2, -0.15) is 0 Å². The van der Waals surface area contributed by atoms with Gasteiger partial charge in [-0.3, -0.25) is 14.5 Å². The smallest absolute Gasteiger partial charge is 0.317 e. The highest BCUT2D eigenvalue weighted by molar-refractivity contribution is 5.95. The van der Waals surface area contributed by atoms with Gasteiger partial charge in [0.15, 0.2) is 0 Å². The van der Waals surface area contributed by atoms with E-state index < -0.39 is 5.97 Å². The number of carboxylic acid groups (broad SMARTS) is 1. The highest BCUT2D eigenvalue weighted by Gasteiger charge is 2.35. The molecule has 2 N–H and O–H groups in total. The molecule has 1 aliphatic rings. The van der Waals surface area contributed by atoms with Gasteiger partial charge >= 0.3 is 5.97 Å². The topological polar surface area (TPSA) is 95.4 Å². The quantitative estimate of drug-likeness (QED) is 0.785. The van der Waals surface area contributed by atoms with Crippen LogP contribution in [0.5, 0.6) is 0 Å². The van der Waals surface area contributed by atoms with Crippen molar-refractivity contribution in [2.24, 2.45) is 0 Å². The molecule has 7 nitrogen and oxygen atoms in total. The van der Waals surface area contributed by atoms with Crippen LogP contribution in [-0.4, -0.2) is 57.0 Å².